The van der Waals surface area contributed by atoms with Gasteiger partial charge >= 0.3 is 0 Å². The van der Waals surface area contributed by atoms with Gasteiger partial charge in [0.25, 0.3) is 5.92 Å². The molecular formula is C19H26F3N5O4S2. The van der Waals surface area contributed by atoms with Crippen molar-refractivity contribution in [2.45, 2.75) is 37.4 Å². The van der Waals surface area contributed by atoms with Crippen LogP contribution >= 0.6 is 11.8 Å². The monoisotopic (exact) mass is 509 g/mol. The van der Waals surface area contributed by atoms with Crippen LogP contribution < -0.4 is 14.8 Å². The fourth-order valence-corrected chi connectivity index (χ4v) is 3.96. The Morgan fingerprint density at radius 2 is 1.88 bits per heavy atom. The van der Waals surface area contributed by atoms with Crippen LogP contribution in [0.4, 0.5) is 25.1 Å². The lowest BCUT2D eigenvalue weighted by molar-refractivity contribution is 0.0227. The van der Waals surface area contributed by atoms with Gasteiger partial charge in [0.1, 0.15) is 0 Å². The van der Waals surface area contributed by atoms with Crippen LogP contribution in [0.1, 0.15) is 25.8 Å². The van der Waals surface area contributed by atoms with Gasteiger partial charge in [-0.25, -0.2) is 21.6 Å². The molecule has 33 heavy (non-hydrogen) atoms. The normalized spacial score (nSPS) is 13.1. The third-order valence-electron chi connectivity index (χ3n) is 4.16. The predicted octanol–water partition coefficient (Wildman–Crippen LogP) is 3.09. The topological polar surface area (TPSA) is 126 Å². The summed E-state index contributed by atoms with van der Waals surface area (Å²) in [5.41, 5.74) is -0.563. The molecule has 0 saturated heterocycles. The number of aromatic nitrogens is 3. The fourth-order valence-electron chi connectivity index (χ4n) is 2.76. The Morgan fingerprint density at radius 3 is 2.42 bits per heavy atom. The number of halogens is 3. The maximum Gasteiger partial charge on any atom is 0.282 e. The van der Waals surface area contributed by atoms with Gasteiger partial charge in [0, 0.05) is 5.56 Å². The number of hydrogen-bond acceptors (Lipinski definition) is 9. The molecule has 0 aliphatic rings. The molecule has 1 aromatic carbocycles. The summed E-state index contributed by atoms with van der Waals surface area (Å²) < 4.78 is 73.2. The highest BCUT2D eigenvalue weighted by molar-refractivity contribution is 7.99. The molecule has 3 N–H and O–H groups in total. The summed E-state index contributed by atoms with van der Waals surface area (Å²) in [6.45, 7) is 3.64. The van der Waals surface area contributed by atoms with Gasteiger partial charge in [0.2, 0.25) is 21.9 Å². The standard InChI is InChI=1S/C19H26F3N5O4S2/c1-11(2)7-13(9-28)23-16-24-17(27-33(4,29)30)26-18(25-16)32-10-19(21,22)12-5-6-15(31-3)14(20)8-12/h5-6,8,11,13,28H,7,9-10H2,1-4H3,(H2,23,24,25,26,27)/t13-/m1/s1. The van der Waals surface area contributed by atoms with Crippen LogP contribution in [0.2, 0.25) is 0 Å². The third kappa shape index (κ3) is 8.51. The average molecular weight is 510 g/mol. The highest BCUT2D eigenvalue weighted by Crippen LogP contribution is 2.35. The molecule has 1 atom stereocenters. The maximum absolute atomic E-state index is 14.7. The molecule has 0 unspecified atom stereocenters. The molecule has 1 heterocycles. The Morgan fingerprint density at radius 1 is 1.21 bits per heavy atom. The lowest BCUT2D eigenvalue weighted by Crippen LogP contribution is -2.27. The van der Waals surface area contributed by atoms with Gasteiger partial charge in [0.05, 0.1) is 31.8 Å². The summed E-state index contributed by atoms with van der Waals surface area (Å²) in [6.07, 6.45) is 1.44. The van der Waals surface area contributed by atoms with Crippen LogP contribution in [0.5, 0.6) is 5.75 Å². The lowest BCUT2D eigenvalue weighted by Gasteiger charge is -2.19. The van der Waals surface area contributed by atoms with Crippen molar-refractivity contribution in [2.24, 2.45) is 5.92 Å². The van der Waals surface area contributed by atoms with Crippen LogP contribution in [0.15, 0.2) is 23.4 Å². The zero-order valence-corrected chi connectivity index (χ0v) is 20.1. The molecule has 184 valence electrons. The highest BCUT2D eigenvalue weighted by Gasteiger charge is 2.33. The van der Waals surface area contributed by atoms with Crippen molar-refractivity contribution < 1.29 is 31.4 Å². The predicted molar refractivity (Wildman–Crippen MR) is 120 cm³/mol. The van der Waals surface area contributed by atoms with Crippen LogP contribution in [0.3, 0.4) is 0 Å². The van der Waals surface area contributed by atoms with E-state index >= 15 is 0 Å². The van der Waals surface area contributed by atoms with Crippen LogP contribution in [-0.4, -0.2) is 60.2 Å². The van der Waals surface area contributed by atoms with Gasteiger partial charge in [-0.15, -0.1) is 0 Å². The molecule has 0 radical (unpaired) electrons. The minimum absolute atomic E-state index is 0.0860. The Bertz CT molecular complexity index is 1060. The molecule has 0 fully saturated rings. The molecular weight excluding hydrogens is 483 g/mol. The molecule has 2 aromatic rings. The first-order chi connectivity index (χ1) is 15.3. The number of nitrogens with one attached hydrogen (secondary N) is 2. The highest BCUT2D eigenvalue weighted by atomic mass is 32.2. The van der Waals surface area contributed by atoms with E-state index in [9.17, 15) is 26.7 Å². The van der Waals surface area contributed by atoms with Gasteiger partial charge in [-0.05, 0) is 30.5 Å². The minimum atomic E-state index is -3.75. The number of aliphatic hydroxyl groups is 1. The zero-order chi connectivity index (χ0) is 24.8. The number of ether oxygens (including phenoxy) is 1. The Hall–Kier alpha value is -2.32. The number of hydrogen-bond donors (Lipinski definition) is 3. The van der Waals surface area contributed by atoms with Crippen LogP contribution in [-0.2, 0) is 15.9 Å². The number of anilines is 2. The molecule has 0 bridgehead atoms. The summed E-state index contributed by atoms with van der Waals surface area (Å²) in [4.78, 5) is 11.9. The van der Waals surface area contributed by atoms with Crippen molar-refractivity contribution in [2.75, 3.05) is 35.8 Å². The van der Waals surface area contributed by atoms with E-state index in [0.717, 1.165) is 18.4 Å². The first kappa shape index (κ1) is 26.9. The number of alkyl halides is 2. The van der Waals surface area contributed by atoms with Crippen LogP contribution in [0, 0.1) is 11.7 Å². The van der Waals surface area contributed by atoms with E-state index in [-0.39, 0.29) is 35.3 Å². The van der Waals surface area contributed by atoms with E-state index in [0.29, 0.717) is 24.2 Å². The van der Waals surface area contributed by atoms with Crippen molar-refractivity contribution in [3.8, 4) is 5.75 Å². The Balaban J connectivity index is 2.28. The molecule has 0 aliphatic heterocycles. The van der Waals surface area contributed by atoms with E-state index in [1.165, 1.54) is 7.11 Å². The second-order valence-corrected chi connectivity index (χ2v) is 10.3. The summed E-state index contributed by atoms with van der Waals surface area (Å²) >= 11 is 0.538. The second-order valence-electron chi connectivity index (χ2n) is 7.64. The molecule has 0 spiro atoms. The summed E-state index contributed by atoms with van der Waals surface area (Å²) in [5.74, 6) is -5.61. The summed E-state index contributed by atoms with van der Waals surface area (Å²) in [7, 11) is -2.53. The first-order valence-electron chi connectivity index (χ1n) is 9.79. The Kier molecular flexibility index (Phi) is 9.14. The molecule has 1 aromatic heterocycles. The largest absolute Gasteiger partial charge is 0.494 e. The first-order valence-corrected chi connectivity index (χ1v) is 12.7. The van der Waals surface area contributed by atoms with Crippen molar-refractivity contribution in [3.05, 3.63) is 29.6 Å². The van der Waals surface area contributed by atoms with E-state index in [4.69, 9.17) is 4.74 Å². The fraction of sp³-hybridized carbons (Fsp3) is 0.526. The molecule has 0 saturated carbocycles. The van der Waals surface area contributed by atoms with Gasteiger partial charge in [-0.2, -0.15) is 15.0 Å². The van der Waals surface area contributed by atoms with Gasteiger partial charge in [-0.1, -0.05) is 25.6 Å². The van der Waals surface area contributed by atoms with Crippen molar-refractivity contribution in [3.63, 3.8) is 0 Å². The molecule has 0 amide bonds. The molecule has 2 rings (SSSR count). The Labute approximate surface area is 194 Å². The van der Waals surface area contributed by atoms with Gasteiger partial charge in [-0.3, -0.25) is 4.72 Å². The number of sulfonamides is 1. The third-order valence-corrected chi connectivity index (χ3v) is 5.66. The van der Waals surface area contributed by atoms with Gasteiger partial charge in [0.15, 0.2) is 16.7 Å². The zero-order valence-electron chi connectivity index (χ0n) is 18.5. The smallest absolute Gasteiger partial charge is 0.282 e. The average Bonchev–Trinajstić information content (AvgIpc) is 2.70. The number of thioether (sulfide) groups is 1. The van der Waals surface area contributed by atoms with E-state index < -0.39 is 39.1 Å². The van der Waals surface area contributed by atoms with Crippen LogP contribution in [0.25, 0.3) is 0 Å². The van der Waals surface area contributed by atoms with Gasteiger partial charge < -0.3 is 15.2 Å². The van der Waals surface area contributed by atoms with Crippen molar-refractivity contribution in [1.29, 1.82) is 0 Å². The van der Waals surface area contributed by atoms with E-state index in [2.05, 4.69) is 25.0 Å². The van der Waals surface area contributed by atoms with E-state index in [1.807, 2.05) is 13.8 Å². The summed E-state index contributed by atoms with van der Waals surface area (Å²) in [5, 5.41) is 12.2. The summed E-state index contributed by atoms with van der Waals surface area (Å²) in [6, 6.07) is 2.40. The number of aliphatic hydroxyl groups excluding tert-OH is 1. The lowest BCUT2D eigenvalue weighted by atomic mass is 10.0. The maximum atomic E-state index is 14.7. The molecule has 9 nitrogen and oxygen atoms in total. The SMILES string of the molecule is COc1ccc(C(F)(F)CSc2nc(N[C@@H](CO)CC(C)C)nc(NS(C)(=O)=O)n2)cc1F. The molecule has 14 heteroatoms. The number of methoxy groups -OCH3 is 1. The number of benzene rings is 1. The number of nitrogens with zero attached hydrogens (tertiary/aromatic N) is 3. The van der Waals surface area contributed by atoms with Crippen molar-refractivity contribution in [1.82, 2.24) is 15.0 Å². The number of rotatable bonds is 12. The van der Waals surface area contributed by atoms with Crippen molar-refractivity contribution >= 4 is 33.7 Å². The second kappa shape index (κ2) is 11.2. The quantitative estimate of drug-likeness (QED) is 0.370. The minimum Gasteiger partial charge on any atom is -0.494 e. The van der Waals surface area contributed by atoms with E-state index in [1.54, 1.807) is 0 Å². The molecule has 0 aliphatic carbocycles.